The second kappa shape index (κ2) is 6.26. The van der Waals surface area contributed by atoms with Gasteiger partial charge in [0.05, 0.1) is 5.39 Å². The van der Waals surface area contributed by atoms with Crippen molar-refractivity contribution in [1.82, 2.24) is 15.0 Å². The van der Waals surface area contributed by atoms with E-state index in [2.05, 4.69) is 64.4 Å². The number of thiophene rings is 1. The number of hydrogen-bond donors (Lipinski definition) is 1. The summed E-state index contributed by atoms with van der Waals surface area (Å²) in [6.07, 6.45) is 3.43. The number of pyridine rings is 1. The average Bonchev–Trinajstić information content (AvgIpc) is 3.03. The van der Waals surface area contributed by atoms with E-state index in [1.165, 1.54) is 11.1 Å². The Morgan fingerprint density at radius 1 is 0.920 bits per heavy atom. The minimum absolute atomic E-state index is 0.831. The van der Waals surface area contributed by atoms with Crippen LogP contribution in [-0.4, -0.2) is 15.0 Å². The molecule has 25 heavy (non-hydrogen) atoms. The van der Waals surface area contributed by atoms with Crippen molar-refractivity contribution < 1.29 is 0 Å². The zero-order valence-corrected chi connectivity index (χ0v) is 15.2. The number of rotatable bonds is 3. The lowest BCUT2D eigenvalue weighted by molar-refractivity contribution is 1.21. The van der Waals surface area contributed by atoms with Gasteiger partial charge in [0.15, 0.2) is 0 Å². The summed E-state index contributed by atoms with van der Waals surface area (Å²) in [4.78, 5) is 15.4. The molecule has 1 aromatic carbocycles. The molecule has 0 aliphatic heterocycles. The molecule has 0 spiro atoms. The van der Waals surface area contributed by atoms with Crippen LogP contribution in [0, 0.1) is 20.8 Å². The summed E-state index contributed by atoms with van der Waals surface area (Å²) in [5.41, 5.74) is 5.73. The van der Waals surface area contributed by atoms with Crippen molar-refractivity contribution in [2.45, 2.75) is 20.8 Å². The molecule has 4 aromatic rings. The average molecular weight is 346 g/mol. The Labute approximate surface area is 150 Å². The van der Waals surface area contributed by atoms with Crippen LogP contribution in [0.1, 0.15) is 16.8 Å². The van der Waals surface area contributed by atoms with Gasteiger partial charge in [-0.2, -0.15) is 0 Å². The number of nitrogens with one attached hydrogen (secondary N) is 1. The van der Waals surface area contributed by atoms with Gasteiger partial charge in [0, 0.05) is 28.0 Å². The van der Waals surface area contributed by atoms with Crippen LogP contribution in [0.15, 0.2) is 48.9 Å². The Morgan fingerprint density at radius 2 is 1.80 bits per heavy atom. The molecule has 0 unspecified atom stereocenters. The molecule has 0 aliphatic carbocycles. The molecule has 0 saturated heterocycles. The molecule has 0 atom stereocenters. The number of benzene rings is 1. The highest BCUT2D eigenvalue weighted by molar-refractivity contribution is 7.21. The molecule has 0 fully saturated rings. The van der Waals surface area contributed by atoms with Crippen LogP contribution in [0.4, 0.5) is 11.5 Å². The molecule has 124 valence electrons. The Bertz CT molecular complexity index is 1070. The van der Waals surface area contributed by atoms with Gasteiger partial charge in [0.1, 0.15) is 17.0 Å². The summed E-state index contributed by atoms with van der Waals surface area (Å²) in [5, 5.41) is 4.47. The van der Waals surface area contributed by atoms with Crippen LogP contribution in [0.25, 0.3) is 20.7 Å². The third-order valence-corrected chi connectivity index (χ3v) is 5.45. The minimum atomic E-state index is 0.831. The monoisotopic (exact) mass is 346 g/mol. The molecular weight excluding hydrogens is 328 g/mol. The van der Waals surface area contributed by atoms with E-state index in [0.29, 0.717) is 0 Å². The van der Waals surface area contributed by atoms with Gasteiger partial charge < -0.3 is 5.32 Å². The fourth-order valence-electron chi connectivity index (χ4n) is 2.79. The van der Waals surface area contributed by atoms with Crippen molar-refractivity contribution in [2.24, 2.45) is 0 Å². The van der Waals surface area contributed by atoms with E-state index in [1.807, 2.05) is 19.2 Å². The lowest BCUT2D eigenvalue weighted by atomic mass is 10.1. The van der Waals surface area contributed by atoms with Gasteiger partial charge in [-0.1, -0.05) is 12.1 Å². The molecule has 4 rings (SSSR count). The van der Waals surface area contributed by atoms with Crippen molar-refractivity contribution in [3.63, 3.8) is 0 Å². The van der Waals surface area contributed by atoms with Crippen LogP contribution in [0.3, 0.4) is 0 Å². The van der Waals surface area contributed by atoms with Gasteiger partial charge in [0.25, 0.3) is 0 Å². The maximum atomic E-state index is 4.45. The van der Waals surface area contributed by atoms with E-state index in [4.69, 9.17) is 0 Å². The topological polar surface area (TPSA) is 50.7 Å². The van der Waals surface area contributed by atoms with Crippen LogP contribution >= 0.6 is 11.3 Å². The molecule has 3 heterocycles. The van der Waals surface area contributed by atoms with Crippen LogP contribution in [-0.2, 0) is 0 Å². The molecule has 0 radical (unpaired) electrons. The second-order valence-corrected chi connectivity index (χ2v) is 7.14. The van der Waals surface area contributed by atoms with Gasteiger partial charge >= 0.3 is 0 Å². The number of aromatic nitrogens is 3. The molecule has 5 heteroatoms. The first-order valence-electron chi connectivity index (χ1n) is 8.12. The van der Waals surface area contributed by atoms with E-state index in [0.717, 1.165) is 37.9 Å². The highest BCUT2D eigenvalue weighted by Gasteiger charge is 2.12. The van der Waals surface area contributed by atoms with E-state index >= 15 is 0 Å². The lowest BCUT2D eigenvalue weighted by Crippen LogP contribution is -1.95. The first-order chi connectivity index (χ1) is 12.1. The highest BCUT2D eigenvalue weighted by Crippen LogP contribution is 2.36. The van der Waals surface area contributed by atoms with Crippen LogP contribution in [0.2, 0.25) is 0 Å². The van der Waals surface area contributed by atoms with Crippen molar-refractivity contribution in [3.05, 3.63) is 65.7 Å². The smallest absolute Gasteiger partial charge is 0.142 e. The van der Waals surface area contributed by atoms with Crippen molar-refractivity contribution >= 4 is 33.1 Å². The van der Waals surface area contributed by atoms with E-state index < -0.39 is 0 Å². The predicted octanol–water partition coefficient (Wildman–Crippen LogP) is 5.42. The van der Waals surface area contributed by atoms with Crippen LogP contribution < -0.4 is 5.32 Å². The third kappa shape index (κ3) is 2.98. The maximum Gasteiger partial charge on any atom is 0.142 e. The second-order valence-electron chi connectivity index (χ2n) is 6.11. The first kappa shape index (κ1) is 15.7. The zero-order chi connectivity index (χ0) is 17.4. The van der Waals surface area contributed by atoms with Crippen LogP contribution in [0.5, 0.6) is 0 Å². The first-order valence-corrected chi connectivity index (χ1v) is 8.94. The van der Waals surface area contributed by atoms with Crippen molar-refractivity contribution in [1.29, 1.82) is 0 Å². The Balaban J connectivity index is 1.77. The molecule has 0 aliphatic rings. The Kier molecular flexibility index (Phi) is 3.93. The number of hydrogen-bond acceptors (Lipinski definition) is 5. The molecule has 3 aromatic heterocycles. The molecular formula is C20H18N4S. The van der Waals surface area contributed by atoms with E-state index in [-0.39, 0.29) is 0 Å². The molecule has 4 nitrogen and oxygen atoms in total. The summed E-state index contributed by atoms with van der Waals surface area (Å²) in [5.74, 6) is 0.831. The molecule has 0 amide bonds. The van der Waals surface area contributed by atoms with Crippen molar-refractivity contribution in [2.75, 3.05) is 5.32 Å². The molecule has 0 saturated carbocycles. The SMILES string of the molecule is Cc1ccc(Nc2ncnc3sc(-c4cccnc4C)cc23)cc1C. The fourth-order valence-corrected chi connectivity index (χ4v) is 3.86. The summed E-state index contributed by atoms with van der Waals surface area (Å²) in [6, 6.07) is 12.5. The molecule has 0 bridgehead atoms. The summed E-state index contributed by atoms with van der Waals surface area (Å²) in [7, 11) is 0. The van der Waals surface area contributed by atoms with Gasteiger partial charge in [-0.3, -0.25) is 4.98 Å². The standard InChI is InChI=1S/C20H18N4S/c1-12-6-7-15(9-13(12)2)24-19-17-10-18(25-20(17)23-11-22-19)16-5-4-8-21-14(16)3/h4-11H,1-3H3,(H,22,23,24). The number of anilines is 2. The van der Waals surface area contributed by atoms with Gasteiger partial charge in [0.2, 0.25) is 0 Å². The summed E-state index contributed by atoms with van der Waals surface area (Å²) in [6.45, 7) is 6.26. The van der Waals surface area contributed by atoms with Crippen molar-refractivity contribution in [3.8, 4) is 10.4 Å². The van der Waals surface area contributed by atoms with Gasteiger partial charge in [-0.15, -0.1) is 11.3 Å². The quantitative estimate of drug-likeness (QED) is 0.538. The van der Waals surface area contributed by atoms with E-state index in [1.54, 1.807) is 17.7 Å². The Morgan fingerprint density at radius 3 is 2.60 bits per heavy atom. The lowest BCUT2D eigenvalue weighted by Gasteiger charge is -2.08. The summed E-state index contributed by atoms with van der Waals surface area (Å²) < 4.78 is 0. The normalized spacial score (nSPS) is 11.0. The number of nitrogens with zero attached hydrogens (tertiary/aromatic N) is 3. The third-order valence-electron chi connectivity index (χ3n) is 4.37. The fraction of sp³-hybridized carbons (Fsp3) is 0.150. The number of fused-ring (bicyclic) bond motifs is 1. The summed E-state index contributed by atoms with van der Waals surface area (Å²) >= 11 is 1.66. The Hall–Kier alpha value is -2.79. The van der Waals surface area contributed by atoms with E-state index in [9.17, 15) is 0 Å². The van der Waals surface area contributed by atoms with Gasteiger partial charge in [-0.25, -0.2) is 9.97 Å². The zero-order valence-electron chi connectivity index (χ0n) is 14.4. The van der Waals surface area contributed by atoms with Gasteiger partial charge in [-0.05, 0) is 56.2 Å². The highest BCUT2D eigenvalue weighted by atomic mass is 32.1. The largest absolute Gasteiger partial charge is 0.340 e. The number of aryl methyl sites for hydroxylation is 3. The minimum Gasteiger partial charge on any atom is -0.340 e. The molecule has 1 N–H and O–H groups in total. The predicted molar refractivity (Wildman–Crippen MR) is 105 cm³/mol. The maximum absolute atomic E-state index is 4.45.